The predicted molar refractivity (Wildman–Crippen MR) is 64.2 cm³/mol. The number of carbonyl (C=O) groups excluding carboxylic acids is 2. The number of methoxy groups -OCH3 is 1. The zero-order chi connectivity index (χ0) is 12.0. The number of halogens is 1. The van der Waals surface area contributed by atoms with Gasteiger partial charge in [-0.15, -0.1) is 11.8 Å². The van der Waals surface area contributed by atoms with Crippen molar-refractivity contribution in [3.8, 4) is 0 Å². The van der Waals surface area contributed by atoms with Gasteiger partial charge in [0.05, 0.1) is 13.5 Å². The summed E-state index contributed by atoms with van der Waals surface area (Å²) in [5, 5.41) is 0.575. The molecule has 1 aromatic rings. The van der Waals surface area contributed by atoms with E-state index in [1.807, 2.05) is 0 Å². The number of ether oxygens (including phenoxy) is 1. The van der Waals surface area contributed by atoms with Gasteiger partial charge in [-0.2, -0.15) is 0 Å². The Hall–Kier alpha value is -1.00. The maximum absolute atomic E-state index is 10.9. The van der Waals surface area contributed by atoms with Gasteiger partial charge in [0.25, 0.3) is 0 Å². The van der Waals surface area contributed by atoms with Crippen LogP contribution < -0.4 is 0 Å². The quantitative estimate of drug-likeness (QED) is 0.463. The first-order chi connectivity index (χ1) is 7.67. The van der Waals surface area contributed by atoms with Crippen molar-refractivity contribution in [2.24, 2.45) is 0 Å². The molecule has 0 heterocycles. The number of rotatable bonds is 5. The van der Waals surface area contributed by atoms with E-state index in [0.717, 1.165) is 11.2 Å². The van der Waals surface area contributed by atoms with Crippen molar-refractivity contribution in [2.45, 2.75) is 11.3 Å². The van der Waals surface area contributed by atoms with E-state index in [1.54, 1.807) is 18.2 Å². The highest BCUT2D eigenvalue weighted by molar-refractivity contribution is 7.99. The summed E-state index contributed by atoms with van der Waals surface area (Å²) >= 11 is 7.23. The summed E-state index contributed by atoms with van der Waals surface area (Å²) in [5.74, 6) is 0.301. The zero-order valence-electron chi connectivity index (χ0n) is 8.73. The van der Waals surface area contributed by atoms with Crippen LogP contribution in [-0.2, 0) is 9.53 Å². The first-order valence-corrected chi connectivity index (χ1v) is 5.98. The van der Waals surface area contributed by atoms with Crippen molar-refractivity contribution in [3.05, 3.63) is 28.8 Å². The molecule has 1 aromatic carbocycles. The van der Waals surface area contributed by atoms with Crippen molar-refractivity contribution in [3.63, 3.8) is 0 Å². The highest BCUT2D eigenvalue weighted by Gasteiger charge is 2.05. The highest BCUT2D eigenvalue weighted by Crippen LogP contribution is 2.25. The smallest absolute Gasteiger partial charge is 0.306 e. The molecule has 0 N–H and O–H groups in total. The molecule has 0 radical (unpaired) electrons. The molecule has 0 aliphatic rings. The Kier molecular flexibility index (Phi) is 5.35. The van der Waals surface area contributed by atoms with Crippen molar-refractivity contribution in [2.75, 3.05) is 12.9 Å². The molecule has 0 saturated heterocycles. The lowest BCUT2D eigenvalue weighted by Gasteiger charge is -2.04. The monoisotopic (exact) mass is 258 g/mol. The Bertz CT molecular complexity index is 393. The molecule has 0 unspecified atom stereocenters. The number of hydrogen-bond donors (Lipinski definition) is 0. The summed E-state index contributed by atoms with van der Waals surface area (Å²) < 4.78 is 4.52. The Morgan fingerprint density at radius 1 is 1.56 bits per heavy atom. The van der Waals surface area contributed by atoms with E-state index in [1.165, 1.54) is 18.9 Å². The molecule has 1 rings (SSSR count). The van der Waals surface area contributed by atoms with Gasteiger partial charge in [0, 0.05) is 21.2 Å². The summed E-state index contributed by atoms with van der Waals surface area (Å²) in [4.78, 5) is 22.4. The molecule has 16 heavy (non-hydrogen) atoms. The number of carbonyl (C=O) groups is 2. The molecule has 0 fully saturated rings. The molecule has 0 aliphatic heterocycles. The molecular weight excluding hydrogens is 248 g/mol. The van der Waals surface area contributed by atoms with Gasteiger partial charge < -0.3 is 4.74 Å². The third kappa shape index (κ3) is 3.87. The Labute approximate surface area is 103 Å². The normalized spacial score (nSPS) is 9.88. The maximum atomic E-state index is 10.9. The summed E-state index contributed by atoms with van der Waals surface area (Å²) in [7, 11) is 1.35. The lowest BCUT2D eigenvalue weighted by atomic mass is 10.2. The second-order valence-corrected chi connectivity index (χ2v) is 4.55. The SMILES string of the molecule is COC(=O)CCSc1cc(Cl)ccc1C=O. The van der Waals surface area contributed by atoms with E-state index in [4.69, 9.17) is 11.6 Å². The van der Waals surface area contributed by atoms with Crippen LogP contribution in [0.4, 0.5) is 0 Å². The van der Waals surface area contributed by atoms with Crippen LogP contribution in [0.1, 0.15) is 16.8 Å². The summed E-state index contributed by atoms with van der Waals surface area (Å²) in [6, 6.07) is 5.04. The van der Waals surface area contributed by atoms with Crippen molar-refractivity contribution < 1.29 is 14.3 Å². The van der Waals surface area contributed by atoms with E-state index in [2.05, 4.69) is 4.74 Å². The number of hydrogen-bond acceptors (Lipinski definition) is 4. The first kappa shape index (κ1) is 13.1. The van der Waals surface area contributed by atoms with Crippen LogP contribution in [0.3, 0.4) is 0 Å². The number of benzene rings is 1. The van der Waals surface area contributed by atoms with E-state index in [-0.39, 0.29) is 5.97 Å². The Morgan fingerprint density at radius 3 is 2.94 bits per heavy atom. The van der Waals surface area contributed by atoms with Crippen LogP contribution in [0.15, 0.2) is 23.1 Å². The second kappa shape index (κ2) is 6.55. The second-order valence-electron chi connectivity index (χ2n) is 2.97. The number of thioether (sulfide) groups is 1. The largest absolute Gasteiger partial charge is 0.469 e. The summed E-state index contributed by atoms with van der Waals surface area (Å²) in [5.41, 5.74) is 0.583. The van der Waals surface area contributed by atoms with Crippen LogP contribution >= 0.6 is 23.4 Å². The molecule has 0 amide bonds. The minimum Gasteiger partial charge on any atom is -0.469 e. The Balaban J connectivity index is 2.61. The first-order valence-electron chi connectivity index (χ1n) is 4.61. The van der Waals surface area contributed by atoms with Gasteiger partial charge in [0.1, 0.15) is 0 Å². The van der Waals surface area contributed by atoms with Crippen LogP contribution in [-0.4, -0.2) is 25.1 Å². The minimum absolute atomic E-state index is 0.262. The van der Waals surface area contributed by atoms with Crippen molar-refractivity contribution in [1.29, 1.82) is 0 Å². The average molecular weight is 259 g/mol. The summed E-state index contributed by atoms with van der Waals surface area (Å²) in [6.45, 7) is 0. The highest BCUT2D eigenvalue weighted by atomic mass is 35.5. The van der Waals surface area contributed by atoms with Crippen molar-refractivity contribution in [1.82, 2.24) is 0 Å². The zero-order valence-corrected chi connectivity index (χ0v) is 10.3. The molecule has 3 nitrogen and oxygen atoms in total. The molecule has 0 aliphatic carbocycles. The minimum atomic E-state index is -0.262. The van der Waals surface area contributed by atoms with E-state index >= 15 is 0 Å². The molecule has 86 valence electrons. The molecule has 0 atom stereocenters. The fraction of sp³-hybridized carbons (Fsp3) is 0.273. The third-order valence-electron chi connectivity index (χ3n) is 1.89. The van der Waals surface area contributed by atoms with Crippen LogP contribution in [0, 0.1) is 0 Å². The maximum Gasteiger partial charge on any atom is 0.306 e. The van der Waals surface area contributed by atoms with Gasteiger partial charge in [-0.25, -0.2) is 0 Å². The van der Waals surface area contributed by atoms with Crippen LogP contribution in [0.2, 0.25) is 5.02 Å². The fourth-order valence-electron chi connectivity index (χ4n) is 1.08. The molecule has 5 heteroatoms. The number of aldehydes is 1. The molecule has 0 bridgehead atoms. The summed E-state index contributed by atoms with van der Waals surface area (Å²) in [6.07, 6.45) is 1.09. The molecular formula is C11H11ClO3S. The predicted octanol–water partition coefficient (Wildman–Crippen LogP) is 2.81. The van der Waals surface area contributed by atoms with E-state index in [9.17, 15) is 9.59 Å². The van der Waals surface area contributed by atoms with Gasteiger partial charge in [0.15, 0.2) is 6.29 Å². The van der Waals surface area contributed by atoms with Crippen LogP contribution in [0.5, 0.6) is 0 Å². The topological polar surface area (TPSA) is 43.4 Å². The van der Waals surface area contributed by atoms with E-state index in [0.29, 0.717) is 22.8 Å². The Morgan fingerprint density at radius 2 is 2.31 bits per heavy atom. The standard InChI is InChI=1S/C11H11ClO3S/c1-15-11(14)4-5-16-10-6-9(12)3-2-8(10)7-13/h2-3,6-7H,4-5H2,1H3. The van der Waals surface area contributed by atoms with Gasteiger partial charge in [-0.05, 0) is 18.2 Å². The third-order valence-corrected chi connectivity index (χ3v) is 3.20. The molecule has 0 saturated carbocycles. The number of esters is 1. The van der Waals surface area contributed by atoms with Gasteiger partial charge in [-0.1, -0.05) is 11.6 Å². The van der Waals surface area contributed by atoms with Gasteiger partial charge in [-0.3, -0.25) is 9.59 Å². The van der Waals surface area contributed by atoms with Gasteiger partial charge >= 0.3 is 5.97 Å². The lowest BCUT2D eigenvalue weighted by Crippen LogP contribution is -2.01. The van der Waals surface area contributed by atoms with Gasteiger partial charge in [0.2, 0.25) is 0 Å². The molecule has 0 aromatic heterocycles. The average Bonchev–Trinajstić information content (AvgIpc) is 2.29. The van der Waals surface area contributed by atoms with Crippen LogP contribution in [0.25, 0.3) is 0 Å². The van der Waals surface area contributed by atoms with Crippen molar-refractivity contribution >= 4 is 35.6 Å². The fourth-order valence-corrected chi connectivity index (χ4v) is 2.30. The molecule has 0 spiro atoms. The van der Waals surface area contributed by atoms with E-state index < -0.39 is 0 Å². The lowest BCUT2D eigenvalue weighted by molar-refractivity contribution is -0.140.